The molecule has 1 aliphatic rings. The lowest BCUT2D eigenvalue weighted by Crippen LogP contribution is -2.39. The van der Waals surface area contributed by atoms with Crippen molar-refractivity contribution in [3.63, 3.8) is 0 Å². The summed E-state index contributed by atoms with van der Waals surface area (Å²) in [7, 11) is 2.02. The number of nitrogens with one attached hydrogen (secondary N) is 1. The van der Waals surface area contributed by atoms with Crippen molar-refractivity contribution in [2.24, 2.45) is 0 Å². The molecule has 0 aromatic carbocycles. The number of amides is 1. The number of hydrogen-bond donors (Lipinski definition) is 2. The van der Waals surface area contributed by atoms with Crippen LogP contribution in [0.5, 0.6) is 0 Å². The molecule has 1 aliphatic heterocycles. The molecule has 0 spiro atoms. The summed E-state index contributed by atoms with van der Waals surface area (Å²) in [6.45, 7) is 4.59. The van der Waals surface area contributed by atoms with Gasteiger partial charge in [-0.25, -0.2) is 19.9 Å². The zero-order chi connectivity index (χ0) is 23.7. The molecule has 0 radical (unpaired) electrons. The molecule has 1 amide bonds. The van der Waals surface area contributed by atoms with Gasteiger partial charge in [0.15, 0.2) is 17.2 Å². The molecular weight excluding hydrogens is 436 g/mol. The van der Waals surface area contributed by atoms with E-state index < -0.39 is 0 Å². The second-order valence-corrected chi connectivity index (χ2v) is 8.29. The number of imidazole rings is 1. The number of ether oxygens (including phenoxy) is 1. The molecule has 11 nitrogen and oxygen atoms in total. The van der Waals surface area contributed by atoms with Gasteiger partial charge in [-0.1, -0.05) is 0 Å². The summed E-state index contributed by atoms with van der Waals surface area (Å²) in [5.74, 6) is -0.114. The van der Waals surface area contributed by atoms with E-state index in [2.05, 4.69) is 30.2 Å². The third-order valence-electron chi connectivity index (χ3n) is 6.02. The second kappa shape index (κ2) is 9.20. The number of carbonyl (C=O) groups is 1. The first-order valence-electron chi connectivity index (χ1n) is 11.1. The number of nitrogen functional groups attached to an aromatic ring is 1. The smallest absolute Gasteiger partial charge is 0.273 e. The summed E-state index contributed by atoms with van der Waals surface area (Å²) < 4.78 is 12.8. The van der Waals surface area contributed by atoms with Gasteiger partial charge in [-0.3, -0.25) is 9.69 Å². The van der Waals surface area contributed by atoms with Crippen LogP contribution in [-0.2, 0) is 4.74 Å². The summed E-state index contributed by atoms with van der Waals surface area (Å²) in [4.78, 5) is 32.8. The van der Waals surface area contributed by atoms with Crippen LogP contribution in [0.4, 0.5) is 5.82 Å². The van der Waals surface area contributed by atoms with Gasteiger partial charge in [-0.05, 0) is 32.5 Å². The molecule has 5 rings (SSSR count). The molecule has 4 aromatic heterocycles. The highest BCUT2D eigenvalue weighted by molar-refractivity contribution is 5.97. The van der Waals surface area contributed by atoms with Crippen LogP contribution in [-0.4, -0.2) is 74.5 Å². The molecule has 5 heterocycles. The fourth-order valence-electron chi connectivity index (χ4n) is 4.03. The lowest BCUT2D eigenvalue weighted by atomic mass is 10.1. The van der Waals surface area contributed by atoms with Gasteiger partial charge in [0.2, 0.25) is 5.89 Å². The second-order valence-electron chi connectivity index (χ2n) is 8.29. The molecule has 0 bridgehead atoms. The number of likely N-dealkylation sites (N-methyl/N-ethyl adjacent to an activating group) is 1. The number of nitrogens with two attached hydrogens (primary N) is 1. The van der Waals surface area contributed by atoms with Crippen LogP contribution in [0.1, 0.15) is 22.6 Å². The van der Waals surface area contributed by atoms with Crippen LogP contribution in [0.3, 0.4) is 0 Å². The van der Waals surface area contributed by atoms with Gasteiger partial charge in [0.1, 0.15) is 17.6 Å². The molecule has 0 saturated carbocycles. The van der Waals surface area contributed by atoms with Gasteiger partial charge in [-0.15, -0.1) is 0 Å². The molecule has 34 heavy (non-hydrogen) atoms. The molecule has 0 aliphatic carbocycles. The Labute approximate surface area is 196 Å². The van der Waals surface area contributed by atoms with Crippen molar-refractivity contribution in [3.05, 3.63) is 48.4 Å². The SMILES string of the molecule is Cc1cnc2ccc(-c3nc(C(=O)NCCN(C)C4CCOC4)c(N)nc3-c3ncco3)cn12. The summed E-state index contributed by atoms with van der Waals surface area (Å²) >= 11 is 0. The van der Waals surface area contributed by atoms with Crippen molar-refractivity contribution in [2.75, 3.05) is 39.1 Å². The van der Waals surface area contributed by atoms with Crippen molar-refractivity contribution in [2.45, 2.75) is 19.4 Å². The number of hydrogen-bond acceptors (Lipinski definition) is 9. The number of fused-ring (bicyclic) bond motifs is 1. The van der Waals surface area contributed by atoms with Crippen LogP contribution in [0.15, 0.2) is 41.4 Å². The van der Waals surface area contributed by atoms with Crippen molar-refractivity contribution < 1.29 is 13.9 Å². The topological polar surface area (TPSA) is 137 Å². The molecule has 11 heteroatoms. The Hall–Kier alpha value is -3.83. The maximum atomic E-state index is 13.0. The van der Waals surface area contributed by atoms with Gasteiger partial charge in [-0.2, -0.15) is 0 Å². The number of anilines is 1. The highest BCUT2D eigenvalue weighted by Crippen LogP contribution is 2.30. The highest BCUT2D eigenvalue weighted by Gasteiger charge is 2.23. The normalized spacial score (nSPS) is 15.9. The zero-order valence-corrected chi connectivity index (χ0v) is 19.1. The van der Waals surface area contributed by atoms with E-state index in [0.717, 1.165) is 36.5 Å². The summed E-state index contributed by atoms with van der Waals surface area (Å²) in [5, 5.41) is 2.90. The highest BCUT2D eigenvalue weighted by atomic mass is 16.5. The zero-order valence-electron chi connectivity index (χ0n) is 19.1. The van der Waals surface area contributed by atoms with E-state index in [1.165, 1.54) is 12.5 Å². The number of aryl methyl sites for hydroxylation is 1. The Morgan fingerprint density at radius 3 is 2.94 bits per heavy atom. The van der Waals surface area contributed by atoms with Crippen molar-refractivity contribution in [1.82, 2.24) is 34.6 Å². The Morgan fingerprint density at radius 2 is 2.18 bits per heavy atom. The van der Waals surface area contributed by atoms with Gasteiger partial charge in [0, 0.05) is 49.4 Å². The van der Waals surface area contributed by atoms with Crippen molar-refractivity contribution >= 4 is 17.4 Å². The van der Waals surface area contributed by atoms with Crippen LogP contribution >= 0.6 is 0 Å². The summed E-state index contributed by atoms with van der Waals surface area (Å²) in [5.41, 5.74) is 9.51. The Balaban J connectivity index is 1.45. The molecule has 1 fully saturated rings. The molecular formula is C23H26N8O3. The number of pyridine rings is 1. The molecule has 1 atom stereocenters. The standard InChI is InChI=1S/C23H26N8O3/c1-14-11-27-17-4-3-15(12-31(14)17)18-19(23-26-7-10-34-23)29-21(24)20(28-18)22(32)25-6-8-30(2)16-5-9-33-13-16/h3-4,7,10-12,16H,5-6,8-9,13H2,1-2H3,(H2,24,29)(H,25,32). The minimum atomic E-state index is -0.388. The van der Waals surface area contributed by atoms with Gasteiger partial charge in [0.05, 0.1) is 12.8 Å². The van der Waals surface area contributed by atoms with E-state index in [4.69, 9.17) is 14.9 Å². The Morgan fingerprint density at radius 1 is 1.29 bits per heavy atom. The van der Waals surface area contributed by atoms with Crippen LogP contribution < -0.4 is 11.1 Å². The van der Waals surface area contributed by atoms with E-state index >= 15 is 0 Å². The number of oxazole rings is 1. The third kappa shape index (κ3) is 4.22. The van der Waals surface area contributed by atoms with Crippen molar-refractivity contribution in [1.29, 1.82) is 0 Å². The van der Waals surface area contributed by atoms with Crippen LogP contribution in [0.2, 0.25) is 0 Å². The van der Waals surface area contributed by atoms with Gasteiger partial charge in [0.25, 0.3) is 5.91 Å². The third-order valence-corrected chi connectivity index (χ3v) is 6.02. The quantitative estimate of drug-likeness (QED) is 0.421. The molecule has 176 valence electrons. The first-order chi connectivity index (χ1) is 16.5. The molecule has 1 unspecified atom stereocenters. The summed E-state index contributed by atoms with van der Waals surface area (Å²) in [6.07, 6.45) is 7.65. The van der Waals surface area contributed by atoms with E-state index in [1.807, 2.05) is 36.7 Å². The molecule has 3 N–H and O–H groups in total. The lowest BCUT2D eigenvalue weighted by Gasteiger charge is -2.22. The number of aromatic nitrogens is 5. The molecule has 4 aromatic rings. The average molecular weight is 463 g/mol. The largest absolute Gasteiger partial charge is 0.443 e. The fraction of sp³-hybridized carbons (Fsp3) is 0.348. The maximum Gasteiger partial charge on any atom is 0.273 e. The first kappa shape index (κ1) is 22.0. The number of nitrogens with zero attached hydrogens (tertiary/aromatic N) is 6. The lowest BCUT2D eigenvalue weighted by molar-refractivity contribution is 0.0941. The maximum absolute atomic E-state index is 13.0. The Kier molecular flexibility index (Phi) is 5.95. The Bertz CT molecular complexity index is 1310. The molecule has 1 saturated heterocycles. The predicted octanol–water partition coefficient (Wildman–Crippen LogP) is 1.79. The average Bonchev–Trinajstić information content (AvgIpc) is 3.61. The summed E-state index contributed by atoms with van der Waals surface area (Å²) in [6, 6.07) is 4.12. The number of rotatable bonds is 7. The van der Waals surface area contributed by atoms with Gasteiger partial charge >= 0.3 is 0 Å². The first-order valence-corrected chi connectivity index (χ1v) is 11.1. The van der Waals surface area contributed by atoms with E-state index in [9.17, 15) is 4.79 Å². The van der Waals surface area contributed by atoms with Crippen LogP contribution in [0.25, 0.3) is 28.5 Å². The minimum Gasteiger partial charge on any atom is -0.443 e. The van der Waals surface area contributed by atoms with E-state index in [-0.39, 0.29) is 23.3 Å². The van der Waals surface area contributed by atoms with Gasteiger partial charge < -0.3 is 24.6 Å². The van der Waals surface area contributed by atoms with Crippen LogP contribution in [0, 0.1) is 6.92 Å². The van der Waals surface area contributed by atoms with E-state index in [1.54, 1.807) is 6.20 Å². The van der Waals surface area contributed by atoms with Crippen molar-refractivity contribution in [3.8, 4) is 22.8 Å². The number of carbonyl (C=O) groups excluding carboxylic acids is 1. The minimum absolute atomic E-state index is 0.00638. The predicted molar refractivity (Wildman–Crippen MR) is 125 cm³/mol. The monoisotopic (exact) mass is 462 g/mol. The fourth-order valence-corrected chi connectivity index (χ4v) is 4.03. The van der Waals surface area contributed by atoms with E-state index in [0.29, 0.717) is 30.5 Å².